The number of hydrogen-bond acceptors (Lipinski definition) is 3. The van der Waals surface area contributed by atoms with Gasteiger partial charge in [-0.3, -0.25) is 0 Å². The molecule has 0 spiro atoms. The predicted molar refractivity (Wildman–Crippen MR) is 65.3 cm³/mol. The number of thioether (sulfide) groups is 1. The van der Waals surface area contributed by atoms with E-state index in [4.69, 9.17) is 0 Å². The van der Waals surface area contributed by atoms with Gasteiger partial charge in [-0.05, 0) is 17.5 Å². The number of para-hydroxylation sites is 1. The Bertz CT molecular complexity index is 498. The average molecular weight is 233 g/mol. The zero-order chi connectivity index (χ0) is 11.4. The number of carbonyl (C=O) groups excluding carboxylic acids is 1. The van der Waals surface area contributed by atoms with Crippen LogP contribution in [0.25, 0.3) is 10.9 Å². The lowest BCUT2D eigenvalue weighted by Gasteiger charge is -1.90. The molecule has 1 heterocycles. The van der Waals surface area contributed by atoms with Crippen LogP contribution in [0.1, 0.15) is 0 Å². The number of hydrogen-bond donors (Lipinski definition) is 1. The van der Waals surface area contributed by atoms with Crippen LogP contribution in [-0.4, -0.2) is 18.1 Å². The van der Waals surface area contributed by atoms with Crippen LogP contribution in [-0.2, 0) is 9.53 Å². The van der Waals surface area contributed by atoms with Crippen molar-refractivity contribution in [2.24, 2.45) is 0 Å². The van der Waals surface area contributed by atoms with Gasteiger partial charge in [-0.25, -0.2) is 4.79 Å². The molecule has 0 unspecified atom stereocenters. The summed E-state index contributed by atoms with van der Waals surface area (Å²) in [5.41, 5.74) is 1.09. The van der Waals surface area contributed by atoms with Gasteiger partial charge in [0.2, 0.25) is 0 Å². The molecule has 82 valence electrons. The number of rotatable bonds is 3. The number of esters is 1. The molecule has 0 saturated carbocycles. The fourth-order valence-corrected chi connectivity index (χ4v) is 2.03. The molecular weight excluding hydrogens is 222 g/mol. The zero-order valence-corrected chi connectivity index (χ0v) is 9.58. The molecule has 1 N–H and O–H groups in total. The first kappa shape index (κ1) is 10.8. The number of aromatic amines is 1. The molecule has 0 aliphatic heterocycles. The molecule has 2 rings (SSSR count). The lowest BCUT2D eigenvalue weighted by molar-refractivity contribution is -0.134. The fourth-order valence-electron chi connectivity index (χ4n) is 1.34. The second-order valence-corrected chi connectivity index (χ2v) is 4.11. The SMILES string of the molecule is COC(=O)C=CSc1cc2ccccc2[nH]1. The van der Waals surface area contributed by atoms with E-state index in [9.17, 15) is 4.79 Å². The third kappa shape index (κ3) is 2.46. The first-order valence-electron chi connectivity index (χ1n) is 4.78. The van der Waals surface area contributed by atoms with E-state index in [1.807, 2.05) is 30.3 Å². The monoisotopic (exact) mass is 233 g/mol. The first-order chi connectivity index (χ1) is 7.79. The summed E-state index contributed by atoms with van der Waals surface area (Å²) < 4.78 is 4.50. The number of ether oxygens (including phenoxy) is 1. The molecule has 0 amide bonds. The van der Waals surface area contributed by atoms with E-state index in [1.165, 1.54) is 24.9 Å². The summed E-state index contributed by atoms with van der Waals surface area (Å²) in [6.45, 7) is 0. The molecule has 3 nitrogen and oxygen atoms in total. The van der Waals surface area contributed by atoms with Gasteiger partial charge in [-0.15, -0.1) is 0 Å². The fraction of sp³-hybridized carbons (Fsp3) is 0.0833. The van der Waals surface area contributed by atoms with Crippen molar-refractivity contribution in [1.82, 2.24) is 4.98 Å². The van der Waals surface area contributed by atoms with Crippen molar-refractivity contribution < 1.29 is 9.53 Å². The largest absolute Gasteiger partial charge is 0.466 e. The molecule has 0 atom stereocenters. The van der Waals surface area contributed by atoms with Crippen LogP contribution in [0.15, 0.2) is 46.8 Å². The minimum atomic E-state index is -0.344. The van der Waals surface area contributed by atoms with Crippen LogP contribution in [0.2, 0.25) is 0 Å². The smallest absolute Gasteiger partial charge is 0.330 e. The van der Waals surface area contributed by atoms with Gasteiger partial charge in [0.1, 0.15) is 0 Å². The summed E-state index contributed by atoms with van der Waals surface area (Å²) in [7, 11) is 1.36. The molecule has 0 aliphatic carbocycles. The van der Waals surface area contributed by atoms with Crippen LogP contribution >= 0.6 is 11.8 Å². The van der Waals surface area contributed by atoms with Crippen molar-refractivity contribution in [2.45, 2.75) is 5.03 Å². The molecule has 2 aromatic rings. The Balaban J connectivity index is 2.10. The van der Waals surface area contributed by atoms with Crippen LogP contribution in [0, 0.1) is 0 Å². The lowest BCUT2D eigenvalue weighted by atomic mass is 10.3. The van der Waals surface area contributed by atoms with Crippen molar-refractivity contribution in [2.75, 3.05) is 7.11 Å². The Morgan fingerprint density at radius 1 is 1.44 bits per heavy atom. The van der Waals surface area contributed by atoms with Gasteiger partial charge in [0.15, 0.2) is 0 Å². The molecule has 1 aromatic carbocycles. The Morgan fingerprint density at radius 2 is 2.25 bits per heavy atom. The summed E-state index contributed by atoms with van der Waals surface area (Å²) in [4.78, 5) is 14.1. The van der Waals surface area contributed by atoms with Crippen molar-refractivity contribution >= 4 is 28.6 Å². The predicted octanol–water partition coefficient (Wildman–Crippen LogP) is 2.95. The van der Waals surface area contributed by atoms with Crippen LogP contribution in [0.3, 0.4) is 0 Å². The topological polar surface area (TPSA) is 42.1 Å². The van der Waals surface area contributed by atoms with E-state index < -0.39 is 0 Å². The summed E-state index contributed by atoms with van der Waals surface area (Å²) >= 11 is 1.45. The maximum atomic E-state index is 10.8. The Morgan fingerprint density at radius 3 is 3.00 bits per heavy atom. The molecule has 0 bridgehead atoms. The highest BCUT2D eigenvalue weighted by Crippen LogP contribution is 2.23. The van der Waals surface area contributed by atoms with Crippen LogP contribution < -0.4 is 0 Å². The van der Waals surface area contributed by atoms with E-state index in [1.54, 1.807) is 5.41 Å². The molecule has 0 radical (unpaired) electrons. The quantitative estimate of drug-likeness (QED) is 0.503. The third-order valence-electron chi connectivity index (χ3n) is 2.11. The van der Waals surface area contributed by atoms with Crippen LogP contribution in [0.4, 0.5) is 0 Å². The molecule has 1 aromatic heterocycles. The highest BCUT2D eigenvalue weighted by atomic mass is 32.2. The minimum Gasteiger partial charge on any atom is -0.466 e. The van der Waals surface area contributed by atoms with Gasteiger partial charge >= 0.3 is 5.97 Å². The highest BCUT2D eigenvalue weighted by molar-refractivity contribution is 8.02. The molecule has 0 fully saturated rings. The molecule has 4 heteroatoms. The summed E-state index contributed by atoms with van der Waals surface area (Å²) in [6.07, 6.45) is 1.40. The summed E-state index contributed by atoms with van der Waals surface area (Å²) in [6, 6.07) is 10.1. The van der Waals surface area contributed by atoms with E-state index >= 15 is 0 Å². The van der Waals surface area contributed by atoms with Crippen molar-refractivity contribution in [3.8, 4) is 0 Å². The van der Waals surface area contributed by atoms with E-state index in [2.05, 4.69) is 9.72 Å². The van der Waals surface area contributed by atoms with Gasteiger partial charge in [-0.2, -0.15) is 0 Å². The highest BCUT2D eigenvalue weighted by Gasteiger charge is 1.98. The number of nitrogens with one attached hydrogen (secondary N) is 1. The average Bonchev–Trinajstić information content (AvgIpc) is 2.71. The van der Waals surface area contributed by atoms with Gasteiger partial charge < -0.3 is 9.72 Å². The minimum absolute atomic E-state index is 0.344. The molecular formula is C12H11NO2S. The van der Waals surface area contributed by atoms with Crippen LogP contribution in [0.5, 0.6) is 0 Å². The van der Waals surface area contributed by atoms with Crippen molar-refractivity contribution in [1.29, 1.82) is 0 Å². The Hall–Kier alpha value is -1.68. The number of carbonyl (C=O) groups is 1. The van der Waals surface area contributed by atoms with Gasteiger partial charge in [0, 0.05) is 17.0 Å². The second kappa shape index (κ2) is 4.90. The third-order valence-corrected chi connectivity index (χ3v) is 2.85. The van der Waals surface area contributed by atoms with Gasteiger partial charge in [0.05, 0.1) is 12.1 Å². The number of aromatic nitrogens is 1. The maximum Gasteiger partial charge on any atom is 0.330 e. The Labute approximate surface area is 97.5 Å². The maximum absolute atomic E-state index is 10.8. The van der Waals surface area contributed by atoms with Crippen molar-refractivity contribution in [3.63, 3.8) is 0 Å². The molecule has 16 heavy (non-hydrogen) atoms. The van der Waals surface area contributed by atoms with E-state index in [0.717, 1.165) is 15.9 Å². The summed E-state index contributed by atoms with van der Waals surface area (Å²) in [5, 5.41) is 3.87. The van der Waals surface area contributed by atoms with E-state index in [0.29, 0.717) is 0 Å². The number of methoxy groups -OCH3 is 1. The first-order valence-corrected chi connectivity index (χ1v) is 5.66. The number of H-pyrrole nitrogens is 1. The van der Waals surface area contributed by atoms with Crippen molar-refractivity contribution in [3.05, 3.63) is 41.8 Å². The zero-order valence-electron chi connectivity index (χ0n) is 8.77. The normalized spacial score (nSPS) is 11.1. The molecule has 0 saturated heterocycles. The second-order valence-electron chi connectivity index (χ2n) is 3.16. The Kier molecular flexibility index (Phi) is 3.31. The van der Waals surface area contributed by atoms with E-state index in [-0.39, 0.29) is 5.97 Å². The summed E-state index contributed by atoms with van der Waals surface area (Å²) in [5.74, 6) is -0.344. The standard InChI is InChI=1S/C12H11NO2S/c1-15-12(14)6-7-16-11-8-9-4-2-3-5-10(9)13-11/h2-8,13H,1H3. The van der Waals surface area contributed by atoms with Gasteiger partial charge in [-0.1, -0.05) is 30.0 Å². The lowest BCUT2D eigenvalue weighted by Crippen LogP contribution is -1.92. The number of fused-ring (bicyclic) bond motifs is 1. The van der Waals surface area contributed by atoms with Gasteiger partial charge in [0.25, 0.3) is 0 Å². The number of benzene rings is 1. The molecule has 0 aliphatic rings.